The SMILES string of the molecule is Bc1ccc(F)c(COC)n1. The van der Waals surface area contributed by atoms with Crippen molar-refractivity contribution < 1.29 is 9.13 Å². The highest BCUT2D eigenvalue weighted by Gasteiger charge is 2.01. The van der Waals surface area contributed by atoms with Gasteiger partial charge in [-0.25, -0.2) is 4.39 Å². The molecular formula is C7H9BFNO. The second-order valence-electron chi connectivity index (χ2n) is 2.31. The maximum absolute atomic E-state index is 12.8. The van der Waals surface area contributed by atoms with Crippen LogP contribution in [0, 0.1) is 5.82 Å². The monoisotopic (exact) mass is 153 g/mol. The summed E-state index contributed by atoms with van der Waals surface area (Å²) in [5.74, 6) is -0.308. The fourth-order valence-corrected chi connectivity index (χ4v) is 0.831. The zero-order valence-corrected chi connectivity index (χ0v) is 6.60. The van der Waals surface area contributed by atoms with Crippen molar-refractivity contribution in [1.82, 2.24) is 4.98 Å². The fraction of sp³-hybridized carbons (Fsp3) is 0.286. The largest absolute Gasteiger partial charge is 0.378 e. The summed E-state index contributed by atoms with van der Waals surface area (Å²) in [6, 6.07) is 3.03. The molecule has 0 atom stereocenters. The Hall–Kier alpha value is -0.895. The van der Waals surface area contributed by atoms with Crippen molar-refractivity contribution in [3.8, 4) is 0 Å². The first-order chi connectivity index (χ1) is 5.24. The Bertz CT molecular complexity index is 254. The van der Waals surface area contributed by atoms with E-state index in [1.807, 2.05) is 7.85 Å². The lowest BCUT2D eigenvalue weighted by Crippen LogP contribution is -2.12. The van der Waals surface area contributed by atoms with Crippen molar-refractivity contribution in [3.63, 3.8) is 0 Å². The molecule has 0 N–H and O–H groups in total. The van der Waals surface area contributed by atoms with E-state index in [1.165, 1.54) is 13.2 Å². The lowest BCUT2D eigenvalue weighted by Gasteiger charge is -2.00. The predicted octanol–water partition coefficient (Wildman–Crippen LogP) is -0.375. The Morgan fingerprint density at radius 1 is 1.64 bits per heavy atom. The van der Waals surface area contributed by atoms with Crippen molar-refractivity contribution in [2.75, 3.05) is 7.11 Å². The standard InChI is InChI=1S/C7H9BFNO/c1-11-4-6-5(9)2-3-7(8)10-6/h2-3H,4,8H2,1H3. The third-order valence-electron chi connectivity index (χ3n) is 1.34. The van der Waals surface area contributed by atoms with Crippen LogP contribution in [-0.2, 0) is 11.3 Å². The average Bonchev–Trinajstić information content (AvgIpc) is 1.98. The Morgan fingerprint density at radius 2 is 2.36 bits per heavy atom. The molecule has 1 rings (SSSR count). The highest BCUT2D eigenvalue weighted by atomic mass is 19.1. The number of aromatic nitrogens is 1. The van der Waals surface area contributed by atoms with Gasteiger partial charge in [0.15, 0.2) is 7.85 Å². The molecule has 0 bridgehead atoms. The van der Waals surface area contributed by atoms with Gasteiger partial charge in [0, 0.05) is 7.11 Å². The topological polar surface area (TPSA) is 22.1 Å². The van der Waals surface area contributed by atoms with E-state index in [0.717, 1.165) is 5.59 Å². The summed E-state index contributed by atoms with van der Waals surface area (Å²) in [7, 11) is 3.34. The minimum atomic E-state index is -0.308. The summed E-state index contributed by atoms with van der Waals surface area (Å²) in [4.78, 5) is 3.96. The number of methoxy groups -OCH3 is 1. The first-order valence-electron chi connectivity index (χ1n) is 3.35. The maximum Gasteiger partial charge on any atom is 0.163 e. The van der Waals surface area contributed by atoms with Crippen molar-refractivity contribution >= 4 is 13.4 Å². The van der Waals surface area contributed by atoms with Gasteiger partial charge in [-0.2, -0.15) is 0 Å². The molecule has 1 aromatic rings. The number of hydrogen-bond acceptors (Lipinski definition) is 2. The molecule has 58 valence electrons. The highest BCUT2D eigenvalue weighted by molar-refractivity contribution is 6.30. The van der Waals surface area contributed by atoms with Crippen molar-refractivity contribution in [1.29, 1.82) is 0 Å². The minimum absolute atomic E-state index is 0.230. The van der Waals surface area contributed by atoms with Crippen LogP contribution in [0.1, 0.15) is 5.69 Å². The van der Waals surface area contributed by atoms with E-state index in [2.05, 4.69) is 4.98 Å². The lowest BCUT2D eigenvalue weighted by atomic mass is 10.0. The number of nitrogens with zero attached hydrogens (tertiary/aromatic N) is 1. The van der Waals surface area contributed by atoms with Crippen LogP contribution in [0.2, 0.25) is 0 Å². The summed E-state index contributed by atoms with van der Waals surface area (Å²) in [5.41, 5.74) is 1.17. The van der Waals surface area contributed by atoms with Crippen LogP contribution in [-0.4, -0.2) is 19.9 Å². The zero-order valence-electron chi connectivity index (χ0n) is 6.60. The number of hydrogen-bond donors (Lipinski definition) is 0. The minimum Gasteiger partial charge on any atom is -0.378 e. The zero-order chi connectivity index (χ0) is 8.27. The molecule has 0 unspecified atom stereocenters. The summed E-state index contributed by atoms with van der Waals surface area (Å²) in [6.07, 6.45) is 0. The van der Waals surface area contributed by atoms with E-state index in [4.69, 9.17) is 4.74 Å². The summed E-state index contributed by atoms with van der Waals surface area (Å²) >= 11 is 0. The Morgan fingerprint density at radius 3 is 3.00 bits per heavy atom. The number of rotatable bonds is 2. The summed E-state index contributed by atoms with van der Waals surface area (Å²) < 4.78 is 17.6. The molecule has 0 spiro atoms. The lowest BCUT2D eigenvalue weighted by molar-refractivity contribution is 0.178. The van der Waals surface area contributed by atoms with Crippen LogP contribution in [0.15, 0.2) is 12.1 Å². The third-order valence-corrected chi connectivity index (χ3v) is 1.34. The van der Waals surface area contributed by atoms with Crippen LogP contribution in [0.3, 0.4) is 0 Å². The van der Waals surface area contributed by atoms with E-state index in [9.17, 15) is 4.39 Å². The van der Waals surface area contributed by atoms with E-state index in [1.54, 1.807) is 6.07 Å². The Labute approximate surface area is 65.8 Å². The van der Waals surface area contributed by atoms with Crippen molar-refractivity contribution in [2.45, 2.75) is 6.61 Å². The Kier molecular flexibility index (Phi) is 2.60. The van der Waals surface area contributed by atoms with Gasteiger partial charge < -0.3 is 4.74 Å². The molecule has 0 radical (unpaired) electrons. The van der Waals surface area contributed by atoms with Gasteiger partial charge in [-0.1, -0.05) is 0 Å². The van der Waals surface area contributed by atoms with Crippen molar-refractivity contribution in [2.24, 2.45) is 0 Å². The number of ether oxygens (including phenoxy) is 1. The molecule has 0 aromatic carbocycles. The molecule has 0 aliphatic heterocycles. The van der Waals surface area contributed by atoms with Gasteiger partial charge in [0.1, 0.15) is 11.5 Å². The molecule has 0 fully saturated rings. The van der Waals surface area contributed by atoms with Crippen LogP contribution >= 0.6 is 0 Å². The molecule has 1 aromatic heterocycles. The van der Waals surface area contributed by atoms with Gasteiger partial charge in [-0.05, 0) is 17.7 Å². The van der Waals surface area contributed by atoms with E-state index < -0.39 is 0 Å². The number of pyridine rings is 1. The molecule has 0 aliphatic carbocycles. The van der Waals surface area contributed by atoms with Gasteiger partial charge in [0.2, 0.25) is 0 Å². The molecular weight excluding hydrogens is 144 g/mol. The van der Waals surface area contributed by atoms with E-state index >= 15 is 0 Å². The first kappa shape index (κ1) is 8.20. The van der Waals surface area contributed by atoms with Crippen LogP contribution in [0.5, 0.6) is 0 Å². The van der Waals surface area contributed by atoms with Gasteiger partial charge in [0.25, 0.3) is 0 Å². The van der Waals surface area contributed by atoms with Crippen LogP contribution in [0.4, 0.5) is 4.39 Å². The van der Waals surface area contributed by atoms with Gasteiger partial charge in [-0.3, -0.25) is 4.98 Å². The van der Waals surface area contributed by atoms with E-state index in [-0.39, 0.29) is 12.4 Å². The first-order valence-corrected chi connectivity index (χ1v) is 3.35. The second-order valence-corrected chi connectivity index (χ2v) is 2.31. The smallest absolute Gasteiger partial charge is 0.163 e. The van der Waals surface area contributed by atoms with Gasteiger partial charge in [0.05, 0.1) is 6.61 Å². The highest BCUT2D eigenvalue weighted by Crippen LogP contribution is 2.01. The predicted molar refractivity (Wildman–Crippen MR) is 43.1 cm³/mol. The molecule has 4 heteroatoms. The Balaban J connectivity index is 2.93. The van der Waals surface area contributed by atoms with Gasteiger partial charge in [-0.15, -0.1) is 0 Å². The summed E-state index contributed by atoms with van der Waals surface area (Å²) in [6.45, 7) is 0.230. The molecule has 11 heavy (non-hydrogen) atoms. The molecule has 0 saturated heterocycles. The fourth-order valence-electron chi connectivity index (χ4n) is 0.831. The maximum atomic E-state index is 12.8. The molecule has 0 aliphatic rings. The normalized spacial score (nSPS) is 10.0. The molecule has 0 amide bonds. The second kappa shape index (κ2) is 3.48. The van der Waals surface area contributed by atoms with E-state index in [0.29, 0.717) is 5.69 Å². The average molecular weight is 153 g/mol. The molecule has 2 nitrogen and oxygen atoms in total. The van der Waals surface area contributed by atoms with Gasteiger partial charge >= 0.3 is 0 Å². The summed E-state index contributed by atoms with van der Waals surface area (Å²) in [5, 5.41) is 0. The van der Waals surface area contributed by atoms with Crippen LogP contribution < -0.4 is 5.59 Å². The van der Waals surface area contributed by atoms with Crippen molar-refractivity contribution in [3.05, 3.63) is 23.6 Å². The van der Waals surface area contributed by atoms with Crippen LogP contribution in [0.25, 0.3) is 0 Å². The molecule has 0 saturated carbocycles. The number of halogens is 1. The third kappa shape index (κ3) is 2.01. The molecule has 1 heterocycles. The quantitative estimate of drug-likeness (QED) is 0.540.